The van der Waals surface area contributed by atoms with E-state index in [0.717, 1.165) is 25.4 Å². The van der Waals surface area contributed by atoms with Crippen LogP contribution < -0.4 is 10.6 Å². The summed E-state index contributed by atoms with van der Waals surface area (Å²) in [4.78, 5) is 0. The summed E-state index contributed by atoms with van der Waals surface area (Å²) in [5.41, 5.74) is 0. The Balaban J connectivity index is 1.96. The van der Waals surface area contributed by atoms with Gasteiger partial charge >= 0.3 is 0 Å². The van der Waals surface area contributed by atoms with Crippen molar-refractivity contribution in [3.05, 3.63) is 0 Å². The smallest absolute Gasteiger partial charge is 0.106 e. The lowest BCUT2D eigenvalue weighted by Crippen LogP contribution is -2.47. The van der Waals surface area contributed by atoms with Crippen LogP contribution in [-0.4, -0.2) is 30.5 Å². The second kappa shape index (κ2) is 2.49. The molecule has 0 aliphatic carbocycles. The van der Waals surface area contributed by atoms with E-state index in [2.05, 4.69) is 10.6 Å². The molecule has 2 aliphatic heterocycles. The molecule has 0 spiro atoms. The highest BCUT2D eigenvalue weighted by Crippen LogP contribution is 2.21. The van der Waals surface area contributed by atoms with E-state index in [1.165, 1.54) is 6.42 Å². The molecule has 3 nitrogen and oxygen atoms in total. The highest BCUT2D eigenvalue weighted by atomic mass is 16.3. The molecule has 3 atom stereocenters. The maximum absolute atomic E-state index is 9.21. The van der Waals surface area contributed by atoms with Crippen molar-refractivity contribution in [2.75, 3.05) is 13.1 Å². The highest BCUT2D eigenvalue weighted by Gasteiger charge is 2.32. The molecule has 0 aromatic rings. The van der Waals surface area contributed by atoms with Crippen LogP contribution >= 0.6 is 0 Å². The summed E-state index contributed by atoms with van der Waals surface area (Å²) in [5.74, 6) is 0.767. The molecular weight excluding hydrogens is 128 g/mol. The van der Waals surface area contributed by atoms with Crippen molar-refractivity contribution in [3.63, 3.8) is 0 Å². The third-order valence-corrected chi connectivity index (χ3v) is 2.58. The molecule has 0 bridgehead atoms. The van der Waals surface area contributed by atoms with Crippen molar-refractivity contribution < 1.29 is 5.11 Å². The van der Waals surface area contributed by atoms with Crippen LogP contribution in [0.2, 0.25) is 0 Å². The third-order valence-electron chi connectivity index (χ3n) is 2.58. The molecule has 0 saturated carbocycles. The van der Waals surface area contributed by atoms with Gasteiger partial charge in [-0.3, -0.25) is 5.32 Å². The SMILES string of the molecule is OC1CC2NCCC2CN1. The van der Waals surface area contributed by atoms with Crippen LogP contribution in [0.15, 0.2) is 0 Å². The molecule has 58 valence electrons. The van der Waals surface area contributed by atoms with Gasteiger partial charge in [0.15, 0.2) is 0 Å². The van der Waals surface area contributed by atoms with Gasteiger partial charge < -0.3 is 10.4 Å². The van der Waals surface area contributed by atoms with Crippen molar-refractivity contribution in [1.82, 2.24) is 10.6 Å². The minimum absolute atomic E-state index is 0.271. The largest absolute Gasteiger partial charge is 0.379 e. The molecule has 0 radical (unpaired) electrons. The first kappa shape index (κ1) is 6.58. The van der Waals surface area contributed by atoms with E-state index in [1.54, 1.807) is 0 Å². The van der Waals surface area contributed by atoms with Crippen molar-refractivity contribution in [2.45, 2.75) is 25.1 Å². The van der Waals surface area contributed by atoms with Gasteiger partial charge in [-0.25, -0.2) is 0 Å². The average molecular weight is 142 g/mol. The van der Waals surface area contributed by atoms with Gasteiger partial charge in [-0.2, -0.15) is 0 Å². The number of fused-ring (bicyclic) bond motifs is 1. The van der Waals surface area contributed by atoms with Crippen molar-refractivity contribution >= 4 is 0 Å². The fourth-order valence-electron chi connectivity index (χ4n) is 1.95. The first-order chi connectivity index (χ1) is 4.86. The summed E-state index contributed by atoms with van der Waals surface area (Å²) in [6.45, 7) is 2.11. The molecule has 3 heteroatoms. The van der Waals surface area contributed by atoms with Crippen molar-refractivity contribution in [1.29, 1.82) is 0 Å². The van der Waals surface area contributed by atoms with Gasteiger partial charge in [0.2, 0.25) is 0 Å². The molecule has 2 heterocycles. The number of hydrogen-bond acceptors (Lipinski definition) is 3. The monoisotopic (exact) mass is 142 g/mol. The van der Waals surface area contributed by atoms with Crippen LogP contribution in [0.1, 0.15) is 12.8 Å². The average Bonchev–Trinajstić information content (AvgIpc) is 2.33. The Hall–Kier alpha value is -0.120. The molecule has 0 aromatic carbocycles. The second-order valence-electron chi connectivity index (χ2n) is 3.27. The zero-order valence-corrected chi connectivity index (χ0v) is 6.01. The minimum Gasteiger partial charge on any atom is -0.379 e. The van der Waals surface area contributed by atoms with E-state index in [1.807, 2.05) is 0 Å². The lowest BCUT2D eigenvalue weighted by Gasteiger charge is -2.29. The van der Waals surface area contributed by atoms with Gasteiger partial charge in [-0.1, -0.05) is 0 Å². The highest BCUT2D eigenvalue weighted by molar-refractivity contribution is 4.89. The summed E-state index contributed by atoms with van der Waals surface area (Å²) >= 11 is 0. The van der Waals surface area contributed by atoms with E-state index in [9.17, 15) is 5.11 Å². The topological polar surface area (TPSA) is 44.3 Å². The Bertz CT molecular complexity index is 129. The van der Waals surface area contributed by atoms with Gasteiger partial charge in [0.25, 0.3) is 0 Å². The summed E-state index contributed by atoms with van der Waals surface area (Å²) in [6, 6.07) is 0.580. The Kier molecular flexibility index (Phi) is 1.64. The predicted molar refractivity (Wildman–Crippen MR) is 38.5 cm³/mol. The predicted octanol–water partition coefficient (Wildman–Crippen LogP) is -0.724. The fourth-order valence-corrected chi connectivity index (χ4v) is 1.95. The van der Waals surface area contributed by atoms with Crippen molar-refractivity contribution in [3.8, 4) is 0 Å². The zero-order valence-electron chi connectivity index (χ0n) is 6.01. The molecule has 0 aromatic heterocycles. The molecule has 2 aliphatic rings. The van der Waals surface area contributed by atoms with E-state index >= 15 is 0 Å². The van der Waals surface area contributed by atoms with Crippen LogP contribution in [0.5, 0.6) is 0 Å². The van der Waals surface area contributed by atoms with Crippen molar-refractivity contribution in [2.24, 2.45) is 5.92 Å². The molecule has 10 heavy (non-hydrogen) atoms. The maximum Gasteiger partial charge on any atom is 0.106 e. The lowest BCUT2D eigenvalue weighted by atomic mass is 9.94. The van der Waals surface area contributed by atoms with E-state index in [4.69, 9.17) is 0 Å². The first-order valence-corrected chi connectivity index (χ1v) is 4.01. The molecule has 2 rings (SSSR count). The number of aliphatic hydroxyl groups is 1. The van der Waals surface area contributed by atoms with Gasteiger partial charge in [0, 0.05) is 19.0 Å². The summed E-state index contributed by atoms with van der Waals surface area (Å²) in [6.07, 6.45) is 1.88. The molecule has 2 saturated heterocycles. The Morgan fingerprint density at radius 3 is 3.10 bits per heavy atom. The van der Waals surface area contributed by atoms with Gasteiger partial charge in [-0.15, -0.1) is 0 Å². The second-order valence-corrected chi connectivity index (χ2v) is 3.27. The normalized spacial score (nSPS) is 47.1. The van der Waals surface area contributed by atoms with E-state index in [-0.39, 0.29) is 6.23 Å². The Labute approximate surface area is 60.8 Å². The molecule has 2 fully saturated rings. The number of piperidine rings is 1. The molecule has 0 amide bonds. The summed E-state index contributed by atoms with van der Waals surface area (Å²) < 4.78 is 0. The van der Waals surface area contributed by atoms with Gasteiger partial charge in [-0.05, 0) is 18.9 Å². The van der Waals surface area contributed by atoms with Crippen LogP contribution in [0.4, 0.5) is 0 Å². The fraction of sp³-hybridized carbons (Fsp3) is 1.00. The van der Waals surface area contributed by atoms with Crippen LogP contribution in [0.3, 0.4) is 0 Å². The lowest BCUT2D eigenvalue weighted by molar-refractivity contribution is 0.0792. The number of nitrogens with one attached hydrogen (secondary N) is 2. The number of rotatable bonds is 0. The quantitative estimate of drug-likeness (QED) is 0.418. The summed E-state index contributed by atoms with van der Waals surface area (Å²) in [7, 11) is 0. The standard InChI is InChI=1S/C7H14N2O/c10-7-3-6-5(4-9-7)1-2-8-6/h5-10H,1-4H2. The van der Waals surface area contributed by atoms with E-state index < -0.39 is 0 Å². The number of aliphatic hydroxyl groups excluding tert-OH is 1. The Morgan fingerprint density at radius 1 is 1.30 bits per heavy atom. The number of hydrogen-bond donors (Lipinski definition) is 3. The Morgan fingerprint density at radius 2 is 2.20 bits per heavy atom. The van der Waals surface area contributed by atoms with Gasteiger partial charge in [0.1, 0.15) is 6.23 Å². The van der Waals surface area contributed by atoms with Crippen LogP contribution in [-0.2, 0) is 0 Å². The maximum atomic E-state index is 9.21. The van der Waals surface area contributed by atoms with E-state index in [0.29, 0.717) is 6.04 Å². The van der Waals surface area contributed by atoms with Crippen LogP contribution in [0, 0.1) is 5.92 Å². The van der Waals surface area contributed by atoms with Gasteiger partial charge in [0.05, 0.1) is 0 Å². The zero-order chi connectivity index (χ0) is 6.97. The molecular formula is C7H14N2O. The third kappa shape index (κ3) is 1.05. The first-order valence-electron chi connectivity index (χ1n) is 4.01. The summed E-state index contributed by atoms with van der Waals surface area (Å²) in [5, 5.41) is 15.7. The van der Waals surface area contributed by atoms with Crippen LogP contribution in [0.25, 0.3) is 0 Å². The molecule has 3 N–H and O–H groups in total. The minimum atomic E-state index is -0.271. The molecule has 3 unspecified atom stereocenters.